The van der Waals surface area contributed by atoms with E-state index in [4.69, 9.17) is 11.6 Å². The van der Waals surface area contributed by atoms with Crippen molar-refractivity contribution < 1.29 is 13.5 Å². The zero-order valence-electron chi connectivity index (χ0n) is 12.4. The molecule has 1 saturated carbocycles. The van der Waals surface area contributed by atoms with Gasteiger partial charge < -0.3 is 5.11 Å². The summed E-state index contributed by atoms with van der Waals surface area (Å²) in [5, 5.41) is 13.4. The van der Waals surface area contributed by atoms with Crippen LogP contribution >= 0.6 is 22.9 Å². The quantitative estimate of drug-likeness (QED) is 0.785. The van der Waals surface area contributed by atoms with E-state index in [0.717, 1.165) is 17.7 Å². The molecular weight excluding hydrogens is 354 g/mol. The van der Waals surface area contributed by atoms with E-state index < -0.39 is 15.6 Å². The minimum Gasteiger partial charge on any atom is -0.383 e. The molecule has 0 aliphatic heterocycles. The van der Waals surface area contributed by atoms with E-state index in [9.17, 15) is 13.5 Å². The molecule has 0 radical (unpaired) electrons. The standard InChI is InChI=1S/C16H18ClNO3S2/c17-14-7-3-12(4-8-14)10-23(20,21)18-11-16(19,13-5-6-13)15-2-1-9-22-15/h1-4,7-9,13,18-19H,5-6,10-11H2. The van der Waals surface area contributed by atoms with Crippen molar-refractivity contribution in [2.24, 2.45) is 5.92 Å². The number of nitrogens with one attached hydrogen (secondary N) is 1. The van der Waals surface area contributed by atoms with Gasteiger partial charge >= 0.3 is 0 Å². The smallest absolute Gasteiger partial charge is 0.215 e. The molecule has 2 N–H and O–H groups in total. The van der Waals surface area contributed by atoms with Gasteiger partial charge in [0.25, 0.3) is 0 Å². The second kappa shape index (κ2) is 6.53. The number of benzene rings is 1. The van der Waals surface area contributed by atoms with Crippen LogP contribution in [0.1, 0.15) is 23.3 Å². The number of thiophene rings is 1. The highest BCUT2D eigenvalue weighted by atomic mass is 35.5. The van der Waals surface area contributed by atoms with Crippen molar-refractivity contribution in [1.29, 1.82) is 0 Å². The van der Waals surface area contributed by atoms with Crippen LogP contribution in [-0.2, 0) is 21.4 Å². The lowest BCUT2D eigenvalue weighted by molar-refractivity contribution is 0.0222. The first-order valence-corrected chi connectivity index (χ1v) is 10.3. The fraction of sp³-hybridized carbons (Fsp3) is 0.375. The van der Waals surface area contributed by atoms with Crippen molar-refractivity contribution in [3.63, 3.8) is 0 Å². The Bertz CT molecular complexity index is 755. The van der Waals surface area contributed by atoms with Crippen LogP contribution in [-0.4, -0.2) is 20.1 Å². The molecule has 0 saturated heterocycles. The Morgan fingerprint density at radius 3 is 2.52 bits per heavy atom. The maximum absolute atomic E-state index is 12.3. The van der Waals surface area contributed by atoms with Gasteiger partial charge in [0.2, 0.25) is 10.0 Å². The van der Waals surface area contributed by atoms with Crippen molar-refractivity contribution in [1.82, 2.24) is 4.72 Å². The monoisotopic (exact) mass is 371 g/mol. The van der Waals surface area contributed by atoms with Crippen molar-refractivity contribution in [3.05, 3.63) is 57.2 Å². The first-order valence-electron chi connectivity index (χ1n) is 7.37. The summed E-state index contributed by atoms with van der Waals surface area (Å²) in [7, 11) is -3.53. The SMILES string of the molecule is O=S(=O)(Cc1ccc(Cl)cc1)NCC(O)(c1cccs1)C1CC1. The normalized spacial score (nSPS) is 17.8. The molecule has 7 heteroatoms. The van der Waals surface area contributed by atoms with Gasteiger partial charge in [0.05, 0.1) is 5.75 Å². The van der Waals surface area contributed by atoms with E-state index in [1.807, 2.05) is 17.5 Å². The van der Waals surface area contributed by atoms with Gasteiger partial charge in [0.15, 0.2) is 0 Å². The predicted octanol–water partition coefficient (Wildman–Crippen LogP) is 3.12. The van der Waals surface area contributed by atoms with Crippen LogP contribution in [0.15, 0.2) is 41.8 Å². The average Bonchev–Trinajstić information content (AvgIpc) is 3.22. The molecule has 1 aliphatic rings. The molecule has 3 rings (SSSR count). The summed E-state index contributed by atoms with van der Waals surface area (Å²) in [5.74, 6) is -0.00518. The van der Waals surface area contributed by atoms with Crippen molar-refractivity contribution in [2.75, 3.05) is 6.54 Å². The Morgan fingerprint density at radius 2 is 1.96 bits per heavy atom. The largest absolute Gasteiger partial charge is 0.383 e. The first kappa shape index (κ1) is 16.9. The van der Waals surface area contributed by atoms with Crippen LogP contribution in [0.25, 0.3) is 0 Å². The minimum absolute atomic E-state index is 0.00804. The second-order valence-electron chi connectivity index (χ2n) is 5.88. The summed E-state index contributed by atoms with van der Waals surface area (Å²) >= 11 is 7.26. The second-order valence-corrected chi connectivity index (χ2v) is 9.07. The molecule has 0 amide bonds. The molecule has 1 aromatic heterocycles. The lowest BCUT2D eigenvalue weighted by atomic mass is 9.96. The molecule has 23 heavy (non-hydrogen) atoms. The van der Waals surface area contributed by atoms with E-state index in [1.165, 1.54) is 11.3 Å². The van der Waals surface area contributed by atoms with Gasteiger partial charge in [-0.05, 0) is 47.9 Å². The van der Waals surface area contributed by atoms with Gasteiger partial charge in [-0.1, -0.05) is 29.8 Å². The Kier molecular flexibility index (Phi) is 4.80. The molecular formula is C16H18ClNO3S2. The van der Waals surface area contributed by atoms with Crippen molar-refractivity contribution in [3.8, 4) is 0 Å². The summed E-state index contributed by atoms with van der Waals surface area (Å²) in [6.45, 7) is 0.00804. The highest BCUT2D eigenvalue weighted by molar-refractivity contribution is 7.88. The summed E-state index contributed by atoms with van der Waals surface area (Å²) in [4.78, 5) is 0.814. The third-order valence-corrected chi connectivity index (χ3v) is 6.62. The molecule has 1 fully saturated rings. The van der Waals surface area contributed by atoms with E-state index in [0.29, 0.717) is 10.6 Å². The summed E-state index contributed by atoms with van der Waals surface area (Å²) in [6.07, 6.45) is 1.85. The maximum atomic E-state index is 12.3. The third-order valence-electron chi connectivity index (χ3n) is 4.03. The van der Waals surface area contributed by atoms with Gasteiger partial charge in [0, 0.05) is 16.4 Å². The zero-order valence-corrected chi connectivity index (χ0v) is 14.8. The topological polar surface area (TPSA) is 66.4 Å². The van der Waals surface area contributed by atoms with E-state index in [2.05, 4.69) is 4.72 Å². The fourth-order valence-electron chi connectivity index (χ4n) is 2.59. The number of hydrogen-bond donors (Lipinski definition) is 2. The van der Waals surface area contributed by atoms with Crippen LogP contribution in [0, 0.1) is 5.92 Å². The molecule has 0 bridgehead atoms. The third kappa shape index (κ3) is 4.14. The van der Waals surface area contributed by atoms with E-state index in [1.54, 1.807) is 24.3 Å². The number of aliphatic hydroxyl groups is 1. The van der Waals surface area contributed by atoms with E-state index >= 15 is 0 Å². The summed E-state index contributed by atoms with van der Waals surface area (Å²) in [5.41, 5.74) is -0.450. The Balaban J connectivity index is 1.69. The molecule has 0 spiro atoms. The number of sulfonamides is 1. The fourth-order valence-corrected chi connectivity index (χ4v) is 4.79. The van der Waals surface area contributed by atoms with Crippen LogP contribution in [0.5, 0.6) is 0 Å². The van der Waals surface area contributed by atoms with Crippen LogP contribution < -0.4 is 4.72 Å². The van der Waals surface area contributed by atoms with E-state index in [-0.39, 0.29) is 18.2 Å². The summed E-state index contributed by atoms with van der Waals surface area (Å²) in [6, 6.07) is 10.4. The lowest BCUT2D eigenvalue weighted by Gasteiger charge is -2.27. The number of halogens is 1. The number of rotatable bonds is 7. The maximum Gasteiger partial charge on any atom is 0.215 e. The number of hydrogen-bond acceptors (Lipinski definition) is 4. The molecule has 1 atom stereocenters. The molecule has 1 heterocycles. The molecule has 124 valence electrons. The van der Waals surface area contributed by atoms with Crippen LogP contribution in [0.2, 0.25) is 5.02 Å². The van der Waals surface area contributed by atoms with Crippen molar-refractivity contribution >= 4 is 33.0 Å². The molecule has 2 aromatic rings. The van der Waals surface area contributed by atoms with Gasteiger partial charge in [-0.25, -0.2) is 13.1 Å². The Labute approximate surface area is 145 Å². The van der Waals surface area contributed by atoms with Gasteiger partial charge in [0.1, 0.15) is 5.60 Å². The lowest BCUT2D eigenvalue weighted by Crippen LogP contribution is -2.42. The highest BCUT2D eigenvalue weighted by Crippen LogP contribution is 2.46. The molecule has 1 aromatic carbocycles. The first-order chi connectivity index (χ1) is 10.9. The van der Waals surface area contributed by atoms with Crippen molar-refractivity contribution in [2.45, 2.75) is 24.2 Å². The Morgan fingerprint density at radius 1 is 1.26 bits per heavy atom. The molecule has 1 unspecified atom stereocenters. The summed E-state index contributed by atoms with van der Waals surface area (Å²) < 4.78 is 27.2. The van der Waals surface area contributed by atoms with Crippen LogP contribution in [0.4, 0.5) is 0 Å². The van der Waals surface area contributed by atoms with Crippen LogP contribution in [0.3, 0.4) is 0 Å². The minimum atomic E-state index is -3.53. The highest BCUT2D eigenvalue weighted by Gasteiger charge is 2.46. The Hall–Kier alpha value is -0.920. The predicted molar refractivity (Wildman–Crippen MR) is 93.0 cm³/mol. The van der Waals surface area contributed by atoms with Gasteiger partial charge in [-0.15, -0.1) is 11.3 Å². The van der Waals surface area contributed by atoms with Gasteiger partial charge in [-0.3, -0.25) is 0 Å². The average molecular weight is 372 g/mol. The van der Waals surface area contributed by atoms with Gasteiger partial charge in [-0.2, -0.15) is 0 Å². The zero-order chi connectivity index (χ0) is 16.5. The molecule has 1 aliphatic carbocycles. The molecule has 4 nitrogen and oxygen atoms in total.